The molecule has 0 saturated carbocycles. The Hall–Kier alpha value is -1.62. The third kappa shape index (κ3) is 3.70. The maximum atomic E-state index is 4.58. The molecule has 0 radical (unpaired) electrons. The highest BCUT2D eigenvalue weighted by atomic mass is 79.9. The molecule has 0 bridgehead atoms. The van der Waals surface area contributed by atoms with Crippen molar-refractivity contribution in [1.29, 1.82) is 0 Å². The average molecular weight is 335 g/mol. The van der Waals surface area contributed by atoms with E-state index in [0.29, 0.717) is 0 Å². The molecule has 2 rings (SSSR count). The van der Waals surface area contributed by atoms with Gasteiger partial charge < -0.3 is 10.2 Å². The molecule has 1 aromatic heterocycles. The van der Waals surface area contributed by atoms with E-state index < -0.39 is 0 Å². The van der Waals surface area contributed by atoms with E-state index in [1.807, 2.05) is 20.2 Å². The quantitative estimate of drug-likeness (QED) is 0.908. The minimum absolute atomic E-state index is 0.816. The number of hydrogen-bond donors (Lipinski definition) is 1. The molecular weight excluding hydrogens is 316 g/mol. The highest BCUT2D eigenvalue weighted by Crippen LogP contribution is 2.18. The molecule has 20 heavy (non-hydrogen) atoms. The summed E-state index contributed by atoms with van der Waals surface area (Å²) < 4.78 is 1.09. The lowest BCUT2D eigenvalue weighted by atomic mass is 10.2. The van der Waals surface area contributed by atoms with Crippen LogP contribution in [0.25, 0.3) is 0 Å². The van der Waals surface area contributed by atoms with Crippen molar-refractivity contribution in [2.24, 2.45) is 0 Å². The standard InChI is InChI=1S/C15H19BrN4/c1-4-13-18-14(17-2)9-15(19-13)20(3)10-11-5-7-12(16)8-6-11/h5-9H,4,10H2,1-3H3,(H,17,18,19). The normalized spacial score (nSPS) is 10.4. The van der Waals surface area contributed by atoms with Crippen LogP contribution in [0, 0.1) is 0 Å². The van der Waals surface area contributed by atoms with Gasteiger partial charge in [0.15, 0.2) is 0 Å². The maximum Gasteiger partial charge on any atom is 0.134 e. The van der Waals surface area contributed by atoms with Crippen LogP contribution in [-0.4, -0.2) is 24.1 Å². The number of aromatic nitrogens is 2. The van der Waals surface area contributed by atoms with Crippen LogP contribution < -0.4 is 10.2 Å². The van der Waals surface area contributed by atoms with Gasteiger partial charge in [0.1, 0.15) is 17.5 Å². The van der Waals surface area contributed by atoms with Gasteiger partial charge in [0.25, 0.3) is 0 Å². The van der Waals surface area contributed by atoms with Crippen LogP contribution in [0.1, 0.15) is 18.3 Å². The van der Waals surface area contributed by atoms with Crippen LogP contribution in [0.4, 0.5) is 11.6 Å². The first-order valence-electron chi connectivity index (χ1n) is 6.63. The Labute approximate surface area is 128 Å². The zero-order chi connectivity index (χ0) is 14.5. The van der Waals surface area contributed by atoms with Crippen molar-refractivity contribution in [3.05, 3.63) is 46.2 Å². The van der Waals surface area contributed by atoms with Gasteiger partial charge >= 0.3 is 0 Å². The summed E-state index contributed by atoms with van der Waals surface area (Å²) in [6, 6.07) is 10.3. The van der Waals surface area contributed by atoms with Crippen LogP contribution in [0.2, 0.25) is 0 Å². The second-order valence-corrected chi connectivity index (χ2v) is 5.53. The average Bonchev–Trinajstić information content (AvgIpc) is 2.48. The number of anilines is 2. The van der Waals surface area contributed by atoms with E-state index in [-0.39, 0.29) is 0 Å². The molecule has 1 N–H and O–H groups in total. The first-order chi connectivity index (χ1) is 9.62. The smallest absolute Gasteiger partial charge is 0.134 e. The lowest BCUT2D eigenvalue weighted by Gasteiger charge is -2.19. The number of hydrogen-bond acceptors (Lipinski definition) is 4. The zero-order valence-electron chi connectivity index (χ0n) is 12.0. The molecule has 4 nitrogen and oxygen atoms in total. The molecule has 0 atom stereocenters. The molecule has 0 aliphatic rings. The third-order valence-electron chi connectivity index (χ3n) is 3.06. The van der Waals surface area contributed by atoms with Crippen molar-refractivity contribution in [2.45, 2.75) is 19.9 Å². The fraction of sp³-hybridized carbons (Fsp3) is 0.333. The molecule has 1 aromatic carbocycles. The van der Waals surface area contributed by atoms with Gasteiger partial charge in [-0.1, -0.05) is 35.0 Å². The predicted octanol–water partition coefficient (Wildman–Crippen LogP) is 3.48. The van der Waals surface area contributed by atoms with Crippen molar-refractivity contribution in [3.8, 4) is 0 Å². The van der Waals surface area contributed by atoms with Crippen molar-refractivity contribution in [2.75, 3.05) is 24.3 Å². The van der Waals surface area contributed by atoms with Gasteiger partial charge in [0, 0.05) is 37.6 Å². The van der Waals surface area contributed by atoms with Crippen molar-refractivity contribution in [3.63, 3.8) is 0 Å². The number of benzene rings is 1. The first-order valence-corrected chi connectivity index (χ1v) is 7.43. The maximum absolute atomic E-state index is 4.58. The van der Waals surface area contributed by atoms with E-state index in [1.54, 1.807) is 0 Å². The molecule has 2 aromatic rings. The minimum atomic E-state index is 0.816. The molecule has 0 saturated heterocycles. The molecule has 0 fully saturated rings. The molecule has 1 heterocycles. The Bertz CT molecular complexity index is 546. The highest BCUT2D eigenvalue weighted by molar-refractivity contribution is 9.10. The summed E-state index contributed by atoms with van der Waals surface area (Å²) in [6.45, 7) is 2.88. The van der Waals surface area contributed by atoms with Crippen LogP contribution in [0.5, 0.6) is 0 Å². The number of rotatable bonds is 5. The molecule has 0 aliphatic heterocycles. The van der Waals surface area contributed by atoms with Gasteiger partial charge in [-0.25, -0.2) is 9.97 Å². The van der Waals surface area contributed by atoms with E-state index >= 15 is 0 Å². The second kappa shape index (κ2) is 6.70. The van der Waals surface area contributed by atoms with E-state index in [4.69, 9.17) is 0 Å². The summed E-state index contributed by atoms with van der Waals surface area (Å²) in [4.78, 5) is 11.1. The van der Waals surface area contributed by atoms with Gasteiger partial charge in [-0.3, -0.25) is 0 Å². The summed E-state index contributed by atoms with van der Waals surface area (Å²) in [7, 11) is 3.92. The van der Waals surface area contributed by atoms with Crippen molar-refractivity contribution >= 4 is 27.6 Å². The van der Waals surface area contributed by atoms with Crippen molar-refractivity contribution < 1.29 is 0 Å². The lowest BCUT2D eigenvalue weighted by Crippen LogP contribution is -2.19. The number of halogens is 1. The van der Waals surface area contributed by atoms with Crippen LogP contribution in [0.3, 0.4) is 0 Å². The third-order valence-corrected chi connectivity index (χ3v) is 3.58. The Morgan fingerprint density at radius 1 is 1.20 bits per heavy atom. The summed E-state index contributed by atoms with van der Waals surface area (Å²) in [5.74, 6) is 2.65. The molecule has 5 heteroatoms. The number of nitrogens with zero attached hydrogens (tertiary/aromatic N) is 3. The van der Waals surface area contributed by atoms with E-state index in [1.165, 1.54) is 5.56 Å². The largest absolute Gasteiger partial charge is 0.373 e. The van der Waals surface area contributed by atoms with Crippen LogP contribution >= 0.6 is 15.9 Å². The molecule has 0 aliphatic carbocycles. The fourth-order valence-electron chi connectivity index (χ4n) is 1.91. The van der Waals surface area contributed by atoms with Gasteiger partial charge in [-0.2, -0.15) is 0 Å². The Kier molecular flexibility index (Phi) is 4.95. The SMILES string of the molecule is CCc1nc(NC)cc(N(C)Cc2ccc(Br)cc2)n1. The molecule has 0 amide bonds. The highest BCUT2D eigenvalue weighted by Gasteiger charge is 2.08. The van der Waals surface area contributed by atoms with E-state index in [0.717, 1.165) is 34.9 Å². The van der Waals surface area contributed by atoms with E-state index in [2.05, 4.69) is 67.3 Å². The molecule has 106 valence electrons. The first kappa shape index (κ1) is 14.8. The summed E-state index contributed by atoms with van der Waals surface area (Å²) in [5, 5.41) is 3.08. The van der Waals surface area contributed by atoms with Crippen LogP contribution in [-0.2, 0) is 13.0 Å². The number of aryl methyl sites for hydroxylation is 1. The molecule has 0 unspecified atom stereocenters. The lowest BCUT2D eigenvalue weighted by molar-refractivity contribution is 0.860. The topological polar surface area (TPSA) is 41.1 Å². The van der Waals surface area contributed by atoms with Gasteiger partial charge in [0.2, 0.25) is 0 Å². The summed E-state index contributed by atoms with van der Waals surface area (Å²) in [5.41, 5.74) is 1.25. The van der Waals surface area contributed by atoms with Gasteiger partial charge in [0.05, 0.1) is 0 Å². The number of nitrogens with one attached hydrogen (secondary N) is 1. The van der Waals surface area contributed by atoms with Gasteiger partial charge in [-0.15, -0.1) is 0 Å². The Morgan fingerprint density at radius 3 is 2.50 bits per heavy atom. The van der Waals surface area contributed by atoms with E-state index in [9.17, 15) is 0 Å². The Morgan fingerprint density at radius 2 is 1.90 bits per heavy atom. The second-order valence-electron chi connectivity index (χ2n) is 4.61. The predicted molar refractivity (Wildman–Crippen MR) is 87.2 cm³/mol. The van der Waals surface area contributed by atoms with Crippen LogP contribution in [0.15, 0.2) is 34.8 Å². The van der Waals surface area contributed by atoms with Gasteiger partial charge in [-0.05, 0) is 17.7 Å². The fourth-order valence-corrected chi connectivity index (χ4v) is 2.17. The zero-order valence-corrected chi connectivity index (χ0v) is 13.6. The summed E-state index contributed by atoms with van der Waals surface area (Å²) >= 11 is 3.45. The molecule has 0 spiro atoms. The van der Waals surface area contributed by atoms with Crippen molar-refractivity contribution in [1.82, 2.24) is 9.97 Å². The molecular formula is C15H19BrN4. The summed E-state index contributed by atoms with van der Waals surface area (Å²) in [6.07, 6.45) is 0.828. The Balaban J connectivity index is 2.19. The monoisotopic (exact) mass is 334 g/mol. The minimum Gasteiger partial charge on any atom is -0.373 e.